The number of rotatable bonds is 5. The van der Waals surface area contributed by atoms with Gasteiger partial charge in [0.15, 0.2) is 0 Å². The topological polar surface area (TPSA) is 42.0 Å². The Hall–Kier alpha value is -0.900. The Labute approximate surface area is 101 Å². The van der Waals surface area contributed by atoms with Crippen LogP contribution in [0.4, 0.5) is 0 Å². The second-order valence-corrected chi connectivity index (χ2v) is 5.26. The number of hydrogen-bond acceptors (Lipinski definition) is 3. The van der Waals surface area contributed by atoms with Crippen LogP contribution < -0.4 is 0 Å². The van der Waals surface area contributed by atoms with Crippen LogP contribution in [-0.4, -0.2) is 30.5 Å². The smallest absolute Gasteiger partial charge is 0.0849 e. The molecule has 0 bridgehead atoms. The molecule has 0 aromatic heterocycles. The number of aliphatic hydroxyl groups excluding tert-OH is 1. The first kappa shape index (κ1) is 11.2. The van der Waals surface area contributed by atoms with Crippen molar-refractivity contribution in [3.8, 4) is 0 Å². The standard InChI is InChI=1S/C14H18O3/c15-9-14(6-12-13(7-14)17-12)10-16-8-11-4-2-1-3-5-11/h1-5,12-13,15H,6-10H2/t12-,13+,14?. The summed E-state index contributed by atoms with van der Waals surface area (Å²) in [5.41, 5.74) is 1.13. The Morgan fingerprint density at radius 3 is 2.59 bits per heavy atom. The quantitative estimate of drug-likeness (QED) is 0.789. The van der Waals surface area contributed by atoms with E-state index in [0.29, 0.717) is 25.4 Å². The van der Waals surface area contributed by atoms with Crippen LogP contribution in [0.5, 0.6) is 0 Å². The van der Waals surface area contributed by atoms with Crippen molar-refractivity contribution in [3.05, 3.63) is 35.9 Å². The maximum Gasteiger partial charge on any atom is 0.0849 e. The number of fused-ring (bicyclic) bond motifs is 1. The molecule has 1 aromatic rings. The summed E-state index contributed by atoms with van der Waals surface area (Å²) in [6.07, 6.45) is 2.68. The number of benzene rings is 1. The van der Waals surface area contributed by atoms with Crippen LogP contribution in [0.3, 0.4) is 0 Å². The number of ether oxygens (including phenoxy) is 2. The van der Waals surface area contributed by atoms with Gasteiger partial charge in [-0.25, -0.2) is 0 Å². The summed E-state index contributed by atoms with van der Waals surface area (Å²) in [4.78, 5) is 0. The van der Waals surface area contributed by atoms with E-state index in [1.54, 1.807) is 0 Å². The first-order valence-corrected chi connectivity index (χ1v) is 6.19. The SMILES string of the molecule is OCC1(COCc2ccccc2)C[C@@H]2O[C@@H]2C1. The van der Waals surface area contributed by atoms with E-state index in [2.05, 4.69) is 12.1 Å². The predicted octanol–water partition coefficient (Wildman–Crippen LogP) is 1.74. The molecule has 2 fully saturated rings. The molecule has 0 radical (unpaired) electrons. The Bertz CT molecular complexity index is 366. The number of epoxide rings is 1. The van der Waals surface area contributed by atoms with Crippen LogP contribution in [0.1, 0.15) is 18.4 Å². The molecule has 1 aromatic carbocycles. The van der Waals surface area contributed by atoms with Crippen molar-refractivity contribution >= 4 is 0 Å². The summed E-state index contributed by atoms with van der Waals surface area (Å²) < 4.78 is 11.2. The van der Waals surface area contributed by atoms with Crippen LogP contribution in [0, 0.1) is 5.41 Å². The average molecular weight is 234 g/mol. The van der Waals surface area contributed by atoms with E-state index in [1.807, 2.05) is 18.2 Å². The second kappa shape index (κ2) is 4.41. The molecule has 1 saturated carbocycles. The molecule has 3 atom stereocenters. The van der Waals surface area contributed by atoms with Crippen LogP contribution in [0.2, 0.25) is 0 Å². The highest BCUT2D eigenvalue weighted by molar-refractivity contribution is 5.13. The normalized spacial score (nSPS) is 34.6. The van der Waals surface area contributed by atoms with E-state index in [9.17, 15) is 5.11 Å². The molecular weight excluding hydrogens is 216 g/mol. The minimum atomic E-state index is -0.0532. The lowest BCUT2D eigenvalue weighted by Crippen LogP contribution is -2.30. The number of aliphatic hydroxyl groups is 1. The van der Waals surface area contributed by atoms with Gasteiger partial charge in [-0.05, 0) is 18.4 Å². The fourth-order valence-corrected chi connectivity index (χ4v) is 2.73. The molecule has 1 unspecified atom stereocenters. The Morgan fingerprint density at radius 2 is 1.94 bits per heavy atom. The largest absolute Gasteiger partial charge is 0.396 e. The highest BCUT2D eigenvalue weighted by atomic mass is 16.6. The van der Waals surface area contributed by atoms with E-state index in [4.69, 9.17) is 9.47 Å². The summed E-state index contributed by atoms with van der Waals surface area (Å²) >= 11 is 0. The summed E-state index contributed by atoms with van der Waals surface area (Å²) in [7, 11) is 0. The zero-order valence-electron chi connectivity index (χ0n) is 9.84. The first-order chi connectivity index (χ1) is 8.31. The van der Waals surface area contributed by atoms with Crippen molar-refractivity contribution < 1.29 is 14.6 Å². The van der Waals surface area contributed by atoms with Crippen LogP contribution >= 0.6 is 0 Å². The first-order valence-electron chi connectivity index (χ1n) is 6.19. The summed E-state index contributed by atoms with van der Waals surface area (Å²) in [6, 6.07) is 10.1. The van der Waals surface area contributed by atoms with Gasteiger partial charge in [-0.1, -0.05) is 30.3 Å². The van der Waals surface area contributed by atoms with Crippen molar-refractivity contribution in [3.63, 3.8) is 0 Å². The van der Waals surface area contributed by atoms with E-state index < -0.39 is 0 Å². The van der Waals surface area contributed by atoms with Crippen molar-refractivity contribution in [1.82, 2.24) is 0 Å². The lowest BCUT2D eigenvalue weighted by Gasteiger charge is -2.27. The molecule has 1 N–H and O–H groups in total. The third kappa shape index (κ3) is 2.37. The van der Waals surface area contributed by atoms with E-state index in [-0.39, 0.29) is 12.0 Å². The van der Waals surface area contributed by atoms with Gasteiger partial charge in [-0.3, -0.25) is 0 Å². The fraction of sp³-hybridized carbons (Fsp3) is 0.571. The molecule has 2 aliphatic rings. The molecule has 1 aliphatic heterocycles. The van der Waals surface area contributed by atoms with Crippen molar-refractivity contribution in [1.29, 1.82) is 0 Å². The van der Waals surface area contributed by atoms with Crippen molar-refractivity contribution in [2.24, 2.45) is 5.41 Å². The number of hydrogen-bond donors (Lipinski definition) is 1. The van der Waals surface area contributed by atoms with Gasteiger partial charge in [0.2, 0.25) is 0 Å². The van der Waals surface area contributed by atoms with Crippen LogP contribution in [0.15, 0.2) is 30.3 Å². The Kier molecular flexibility index (Phi) is 2.90. The summed E-state index contributed by atoms with van der Waals surface area (Å²) in [6.45, 7) is 1.46. The molecular formula is C14H18O3. The highest BCUT2D eigenvalue weighted by Crippen LogP contribution is 2.49. The second-order valence-electron chi connectivity index (χ2n) is 5.26. The Morgan fingerprint density at radius 1 is 1.24 bits per heavy atom. The third-order valence-corrected chi connectivity index (χ3v) is 3.81. The third-order valence-electron chi connectivity index (χ3n) is 3.81. The average Bonchev–Trinajstić information content (AvgIpc) is 2.99. The molecule has 1 aliphatic carbocycles. The van der Waals surface area contributed by atoms with Gasteiger partial charge in [0, 0.05) is 5.41 Å². The van der Waals surface area contributed by atoms with E-state index in [1.165, 1.54) is 5.56 Å². The predicted molar refractivity (Wildman–Crippen MR) is 63.5 cm³/mol. The molecule has 3 heteroatoms. The zero-order valence-corrected chi connectivity index (χ0v) is 9.84. The summed E-state index contributed by atoms with van der Waals surface area (Å²) in [5.74, 6) is 0. The summed E-state index contributed by atoms with van der Waals surface area (Å²) in [5, 5.41) is 9.52. The zero-order chi connectivity index (χ0) is 11.7. The van der Waals surface area contributed by atoms with Gasteiger partial charge in [0.25, 0.3) is 0 Å². The molecule has 0 spiro atoms. The molecule has 3 rings (SSSR count). The van der Waals surface area contributed by atoms with Crippen LogP contribution in [-0.2, 0) is 16.1 Å². The van der Waals surface area contributed by atoms with E-state index >= 15 is 0 Å². The van der Waals surface area contributed by atoms with Gasteiger partial charge in [0.1, 0.15) is 0 Å². The van der Waals surface area contributed by atoms with Crippen molar-refractivity contribution in [2.75, 3.05) is 13.2 Å². The molecule has 92 valence electrons. The van der Waals surface area contributed by atoms with Crippen LogP contribution in [0.25, 0.3) is 0 Å². The molecule has 17 heavy (non-hydrogen) atoms. The minimum absolute atomic E-state index is 0.0532. The molecule has 1 saturated heterocycles. The van der Waals surface area contributed by atoms with Gasteiger partial charge < -0.3 is 14.6 Å². The maximum atomic E-state index is 9.52. The van der Waals surface area contributed by atoms with Gasteiger partial charge in [-0.2, -0.15) is 0 Å². The molecule has 1 heterocycles. The van der Waals surface area contributed by atoms with Gasteiger partial charge in [0.05, 0.1) is 32.0 Å². The van der Waals surface area contributed by atoms with E-state index in [0.717, 1.165) is 12.8 Å². The maximum absolute atomic E-state index is 9.52. The lowest BCUT2D eigenvalue weighted by molar-refractivity contribution is -0.0166. The molecule has 3 nitrogen and oxygen atoms in total. The van der Waals surface area contributed by atoms with Crippen molar-refractivity contribution in [2.45, 2.75) is 31.7 Å². The Balaban J connectivity index is 1.50. The highest BCUT2D eigenvalue weighted by Gasteiger charge is 2.55. The lowest BCUT2D eigenvalue weighted by atomic mass is 9.87. The minimum Gasteiger partial charge on any atom is -0.396 e. The van der Waals surface area contributed by atoms with Gasteiger partial charge in [-0.15, -0.1) is 0 Å². The fourth-order valence-electron chi connectivity index (χ4n) is 2.73. The van der Waals surface area contributed by atoms with Gasteiger partial charge >= 0.3 is 0 Å². The monoisotopic (exact) mass is 234 g/mol. The molecule has 0 amide bonds.